The molecule has 0 atom stereocenters. The summed E-state index contributed by atoms with van der Waals surface area (Å²) in [5.41, 5.74) is 11.6. The van der Waals surface area contributed by atoms with Gasteiger partial charge in [0.1, 0.15) is 6.07 Å². The van der Waals surface area contributed by atoms with E-state index >= 15 is 0 Å². The molecule has 5 nitrogen and oxygen atoms in total. The number of benzene rings is 7. The zero-order valence-corrected chi connectivity index (χ0v) is 26.7. The average molecular weight is 636 g/mol. The van der Waals surface area contributed by atoms with Crippen molar-refractivity contribution in [3.05, 3.63) is 168 Å². The lowest BCUT2D eigenvalue weighted by Gasteiger charge is -2.15. The van der Waals surface area contributed by atoms with Gasteiger partial charge in [0, 0.05) is 32.8 Å². The number of hydrogen-bond acceptors (Lipinski definition) is 3. The van der Waals surface area contributed by atoms with E-state index in [-0.39, 0.29) is 0 Å². The molecule has 0 saturated heterocycles. The Bertz CT molecular complexity index is 2890. The van der Waals surface area contributed by atoms with E-state index in [1.807, 2.05) is 48.5 Å². The molecule has 0 N–H and O–H groups in total. The van der Waals surface area contributed by atoms with Gasteiger partial charge in [-0.25, -0.2) is 0 Å². The van der Waals surface area contributed by atoms with Crippen LogP contribution in [0.4, 0.5) is 0 Å². The number of fused-ring (bicyclic) bond motifs is 6. The Hall–Kier alpha value is -7.39. The lowest BCUT2D eigenvalue weighted by molar-refractivity contribution is 1.17. The Morgan fingerprint density at radius 3 is 1.62 bits per heavy atom. The van der Waals surface area contributed by atoms with Gasteiger partial charge < -0.3 is 9.13 Å². The molecule has 50 heavy (non-hydrogen) atoms. The van der Waals surface area contributed by atoms with Gasteiger partial charge in [-0.2, -0.15) is 15.8 Å². The van der Waals surface area contributed by atoms with Crippen molar-refractivity contribution in [2.24, 2.45) is 0 Å². The molecule has 0 aliphatic carbocycles. The van der Waals surface area contributed by atoms with Crippen molar-refractivity contribution >= 4 is 43.6 Å². The van der Waals surface area contributed by atoms with E-state index in [2.05, 4.69) is 124 Å². The molecule has 0 unspecified atom stereocenters. The fourth-order valence-electron chi connectivity index (χ4n) is 7.36. The fraction of sp³-hybridized carbons (Fsp3) is 0. The highest BCUT2D eigenvalue weighted by Gasteiger charge is 2.19. The molecule has 7 aromatic carbocycles. The first kappa shape index (κ1) is 28.8. The van der Waals surface area contributed by atoms with Crippen LogP contribution in [0, 0.1) is 34.0 Å². The van der Waals surface area contributed by atoms with Gasteiger partial charge in [-0.1, -0.05) is 84.9 Å². The SMILES string of the molecule is N#Cc1ccc(-n2c3ccc(C#N)cc3c3cccc(C#N)c32)c(-c2ccc(-c3ccc(-n4c5ccccc5c5ccccc54)cc3)cc2)c1. The summed E-state index contributed by atoms with van der Waals surface area (Å²) < 4.78 is 4.40. The van der Waals surface area contributed by atoms with Crippen LogP contribution in [0.25, 0.3) is 77.2 Å². The maximum atomic E-state index is 10.1. The van der Waals surface area contributed by atoms with E-state index in [1.54, 1.807) is 6.07 Å². The molecule has 0 radical (unpaired) electrons. The van der Waals surface area contributed by atoms with E-state index in [4.69, 9.17) is 0 Å². The highest BCUT2D eigenvalue weighted by atomic mass is 15.0. The third-order valence-corrected chi connectivity index (χ3v) is 9.64. The molecule has 230 valence electrons. The summed E-state index contributed by atoms with van der Waals surface area (Å²) in [6.45, 7) is 0. The molecule has 0 aliphatic rings. The summed E-state index contributed by atoms with van der Waals surface area (Å²) in [7, 11) is 0. The lowest BCUT2D eigenvalue weighted by Crippen LogP contribution is -1.99. The predicted molar refractivity (Wildman–Crippen MR) is 200 cm³/mol. The number of nitriles is 3. The zero-order chi connectivity index (χ0) is 33.8. The monoisotopic (exact) mass is 635 g/mol. The zero-order valence-electron chi connectivity index (χ0n) is 26.7. The summed E-state index contributed by atoms with van der Waals surface area (Å²) >= 11 is 0. The smallest absolute Gasteiger partial charge is 0.101 e. The van der Waals surface area contributed by atoms with Gasteiger partial charge in [-0.3, -0.25) is 0 Å². The van der Waals surface area contributed by atoms with Crippen molar-refractivity contribution in [3.63, 3.8) is 0 Å². The molecule has 2 heterocycles. The predicted octanol–water partition coefficient (Wildman–Crippen LogP) is 10.8. The van der Waals surface area contributed by atoms with Gasteiger partial charge in [-0.15, -0.1) is 0 Å². The molecule has 0 spiro atoms. The van der Waals surface area contributed by atoms with Crippen molar-refractivity contribution in [2.45, 2.75) is 0 Å². The van der Waals surface area contributed by atoms with Gasteiger partial charge in [0.15, 0.2) is 0 Å². The maximum absolute atomic E-state index is 10.1. The van der Waals surface area contributed by atoms with Gasteiger partial charge in [0.25, 0.3) is 0 Å². The van der Waals surface area contributed by atoms with E-state index in [1.165, 1.54) is 21.8 Å². The lowest BCUT2D eigenvalue weighted by atomic mass is 9.97. The van der Waals surface area contributed by atoms with E-state index in [0.717, 1.165) is 55.4 Å². The van der Waals surface area contributed by atoms with Crippen molar-refractivity contribution in [1.29, 1.82) is 15.8 Å². The highest BCUT2D eigenvalue weighted by Crippen LogP contribution is 2.39. The van der Waals surface area contributed by atoms with Crippen LogP contribution in [-0.2, 0) is 0 Å². The number of para-hydroxylation sites is 3. The normalized spacial score (nSPS) is 11.1. The third kappa shape index (κ3) is 4.38. The van der Waals surface area contributed by atoms with Crippen LogP contribution in [0.2, 0.25) is 0 Å². The molecule has 2 aromatic heterocycles. The minimum Gasteiger partial charge on any atom is -0.309 e. The van der Waals surface area contributed by atoms with Crippen LogP contribution in [0.15, 0.2) is 152 Å². The molecule has 0 amide bonds. The molecule has 5 heteroatoms. The summed E-state index contributed by atoms with van der Waals surface area (Å²) in [6, 6.07) is 57.9. The molecule has 0 fully saturated rings. The second-order valence-electron chi connectivity index (χ2n) is 12.3. The number of rotatable bonds is 4. The van der Waals surface area contributed by atoms with Crippen LogP contribution in [0.1, 0.15) is 16.7 Å². The first-order chi connectivity index (χ1) is 24.7. The topological polar surface area (TPSA) is 81.2 Å². The van der Waals surface area contributed by atoms with Crippen LogP contribution in [0.5, 0.6) is 0 Å². The van der Waals surface area contributed by atoms with Crippen LogP contribution in [0.3, 0.4) is 0 Å². The molecule has 0 aliphatic heterocycles. The minimum absolute atomic E-state index is 0.534. The second-order valence-corrected chi connectivity index (χ2v) is 12.3. The van der Waals surface area contributed by atoms with Gasteiger partial charge in [-0.05, 0) is 83.4 Å². The number of aromatic nitrogens is 2. The van der Waals surface area contributed by atoms with Crippen LogP contribution >= 0.6 is 0 Å². The maximum Gasteiger partial charge on any atom is 0.101 e. The van der Waals surface area contributed by atoms with Crippen molar-refractivity contribution in [2.75, 3.05) is 0 Å². The Morgan fingerprint density at radius 2 is 0.960 bits per heavy atom. The standard InChI is InChI=1S/C45H25N5/c46-26-29-12-22-43(50-44-23-13-30(27-47)25-40(44)38-9-5-6-34(28-48)45(38)50)39(24-29)33-16-14-31(15-17-33)32-18-20-35(21-19-32)49-41-10-3-1-7-36(41)37-8-2-4-11-42(37)49/h1-25H. The number of hydrogen-bond donors (Lipinski definition) is 0. The first-order valence-electron chi connectivity index (χ1n) is 16.3. The summed E-state index contributed by atoms with van der Waals surface area (Å²) in [4.78, 5) is 0. The first-order valence-corrected chi connectivity index (χ1v) is 16.3. The van der Waals surface area contributed by atoms with E-state index in [0.29, 0.717) is 16.7 Å². The molecule has 9 aromatic rings. The van der Waals surface area contributed by atoms with E-state index < -0.39 is 0 Å². The largest absolute Gasteiger partial charge is 0.309 e. The number of nitrogens with zero attached hydrogens (tertiary/aromatic N) is 5. The summed E-state index contributed by atoms with van der Waals surface area (Å²) in [6.07, 6.45) is 0. The quantitative estimate of drug-likeness (QED) is 0.193. The molecular weight excluding hydrogens is 611 g/mol. The highest BCUT2D eigenvalue weighted by molar-refractivity contribution is 6.12. The molecule has 0 bridgehead atoms. The Balaban J connectivity index is 1.15. The van der Waals surface area contributed by atoms with Gasteiger partial charge in [0.2, 0.25) is 0 Å². The van der Waals surface area contributed by atoms with Crippen molar-refractivity contribution in [3.8, 4) is 51.8 Å². The Labute approximate surface area is 287 Å². The van der Waals surface area contributed by atoms with Crippen molar-refractivity contribution in [1.82, 2.24) is 9.13 Å². The minimum atomic E-state index is 0.534. The average Bonchev–Trinajstić information content (AvgIpc) is 3.70. The van der Waals surface area contributed by atoms with E-state index in [9.17, 15) is 15.8 Å². The van der Waals surface area contributed by atoms with Crippen LogP contribution < -0.4 is 0 Å². The molecular formula is C45H25N5. The summed E-state index contributed by atoms with van der Waals surface area (Å²) in [5, 5.41) is 33.9. The molecule has 0 saturated carbocycles. The molecule has 9 rings (SSSR count). The van der Waals surface area contributed by atoms with Gasteiger partial charge >= 0.3 is 0 Å². The van der Waals surface area contributed by atoms with Crippen molar-refractivity contribution < 1.29 is 0 Å². The van der Waals surface area contributed by atoms with Gasteiger partial charge in [0.05, 0.1) is 56.6 Å². The Kier molecular flexibility index (Phi) is 6.56. The second kappa shape index (κ2) is 11.4. The van der Waals surface area contributed by atoms with Crippen LogP contribution in [-0.4, -0.2) is 9.13 Å². The Morgan fingerprint density at radius 1 is 0.400 bits per heavy atom. The summed E-state index contributed by atoms with van der Waals surface area (Å²) in [5.74, 6) is 0. The third-order valence-electron chi connectivity index (χ3n) is 9.64. The fourth-order valence-corrected chi connectivity index (χ4v) is 7.36.